The van der Waals surface area contributed by atoms with E-state index in [0.29, 0.717) is 25.0 Å². The Morgan fingerprint density at radius 2 is 2.05 bits per heavy atom. The van der Waals surface area contributed by atoms with Crippen molar-refractivity contribution in [2.45, 2.75) is 32.9 Å². The smallest absolute Gasteiger partial charge is 0.231 e. The maximum absolute atomic E-state index is 9.28. The van der Waals surface area contributed by atoms with Gasteiger partial charge in [0.15, 0.2) is 0 Å². The quantitative estimate of drug-likeness (QED) is 0.867. The number of morpholine rings is 1. The summed E-state index contributed by atoms with van der Waals surface area (Å²) >= 11 is 6.05. The summed E-state index contributed by atoms with van der Waals surface area (Å²) in [6, 6.07) is 0.121. The molecule has 118 valence electrons. The third-order valence-corrected chi connectivity index (χ3v) is 3.77. The van der Waals surface area contributed by atoms with Crippen LogP contribution in [0.2, 0.25) is 5.28 Å². The first-order chi connectivity index (χ1) is 10.1. The molecule has 1 aromatic rings. The Morgan fingerprint density at radius 3 is 2.67 bits per heavy atom. The van der Waals surface area contributed by atoms with Crippen LogP contribution in [0.15, 0.2) is 0 Å². The van der Waals surface area contributed by atoms with Crippen LogP contribution in [0.3, 0.4) is 0 Å². The van der Waals surface area contributed by atoms with Crippen molar-refractivity contribution < 1.29 is 9.84 Å². The van der Waals surface area contributed by atoms with Gasteiger partial charge in [-0.1, -0.05) is 0 Å². The number of hydrogen-bond acceptors (Lipinski definition) is 7. The highest BCUT2D eigenvalue weighted by Gasteiger charge is 2.28. The Balaban J connectivity index is 2.29. The van der Waals surface area contributed by atoms with Crippen LogP contribution in [0, 0.1) is 0 Å². The Morgan fingerprint density at radius 1 is 1.33 bits per heavy atom. The normalized spacial score (nSPS) is 22.4. The molecule has 2 atom stereocenters. The molecule has 2 rings (SSSR count). The molecule has 21 heavy (non-hydrogen) atoms. The summed E-state index contributed by atoms with van der Waals surface area (Å²) in [5.74, 6) is 1.11. The van der Waals surface area contributed by atoms with E-state index in [1.807, 2.05) is 30.6 Å². The molecule has 0 bridgehead atoms. The van der Waals surface area contributed by atoms with Crippen molar-refractivity contribution in [2.24, 2.45) is 0 Å². The standard InChI is InChI=1S/C13H22ClN5O2/c1-4-18(5-2)12-15-11(14)16-13(17-12)19-6-10(7-20)21-8-9(19)3/h9-10,20H,4-8H2,1-3H3. The lowest BCUT2D eigenvalue weighted by molar-refractivity contribution is -0.0108. The van der Waals surface area contributed by atoms with Gasteiger partial charge in [0.05, 0.1) is 25.4 Å². The maximum atomic E-state index is 9.28. The number of rotatable bonds is 5. The van der Waals surface area contributed by atoms with Gasteiger partial charge in [-0.25, -0.2) is 0 Å². The summed E-state index contributed by atoms with van der Waals surface area (Å²) < 4.78 is 5.54. The van der Waals surface area contributed by atoms with Crippen LogP contribution in [0.1, 0.15) is 20.8 Å². The van der Waals surface area contributed by atoms with Crippen LogP contribution >= 0.6 is 11.6 Å². The molecule has 1 fully saturated rings. The number of nitrogens with zero attached hydrogens (tertiary/aromatic N) is 5. The molecule has 1 aromatic heterocycles. The zero-order valence-electron chi connectivity index (χ0n) is 12.7. The predicted octanol–water partition coefficient (Wildman–Crippen LogP) is 0.957. The molecule has 0 aromatic carbocycles. The van der Waals surface area contributed by atoms with Crippen LogP contribution < -0.4 is 9.80 Å². The van der Waals surface area contributed by atoms with Gasteiger partial charge < -0.3 is 19.6 Å². The first-order valence-electron chi connectivity index (χ1n) is 7.24. The van der Waals surface area contributed by atoms with Crippen LogP contribution in [0.4, 0.5) is 11.9 Å². The third kappa shape index (κ3) is 3.72. The molecule has 1 N–H and O–H groups in total. The summed E-state index contributed by atoms with van der Waals surface area (Å²) in [4.78, 5) is 17.0. The molecule has 0 amide bonds. The van der Waals surface area contributed by atoms with E-state index in [0.717, 1.165) is 13.1 Å². The van der Waals surface area contributed by atoms with Gasteiger partial charge in [-0.3, -0.25) is 0 Å². The topological polar surface area (TPSA) is 74.6 Å². The molecule has 1 aliphatic rings. The van der Waals surface area contributed by atoms with Crippen LogP contribution in [-0.2, 0) is 4.74 Å². The van der Waals surface area contributed by atoms with Crippen molar-refractivity contribution >= 4 is 23.5 Å². The molecule has 0 radical (unpaired) electrons. The number of hydrogen-bond donors (Lipinski definition) is 1. The van der Waals surface area contributed by atoms with Gasteiger partial charge in [-0.2, -0.15) is 15.0 Å². The first-order valence-corrected chi connectivity index (χ1v) is 7.62. The Bertz CT molecular complexity index is 472. The number of halogens is 1. The fourth-order valence-corrected chi connectivity index (χ4v) is 2.46. The minimum atomic E-state index is -0.228. The number of aliphatic hydroxyl groups excluding tert-OH is 1. The number of aliphatic hydroxyl groups is 1. The van der Waals surface area contributed by atoms with Crippen molar-refractivity contribution in [1.82, 2.24) is 15.0 Å². The minimum Gasteiger partial charge on any atom is -0.394 e. The molecule has 1 aliphatic heterocycles. The SMILES string of the molecule is CCN(CC)c1nc(Cl)nc(N2CC(CO)OCC2C)n1. The summed E-state index contributed by atoms with van der Waals surface area (Å²) in [5.41, 5.74) is 0. The van der Waals surface area contributed by atoms with Gasteiger partial charge in [0.1, 0.15) is 0 Å². The van der Waals surface area contributed by atoms with Crippen molar-refractivity contribution in [3.63, 3.8) is 0 Å². The Hall–Kier alpha value is -1.18. The molecule has 0 saturated carbocycles. The van der Waals surface area contributed by atoms with Crippen LogP contribution in [0.25, 0.3) is 0 Å². The van der Waals surface area contributed by atoms with E-state index in [2.05, 4.69) is 15.0 Å². The zero-order valence-corrected chi connectivity index (χ0v) is 13.4. The number of anilines is 2. The second-order valence-electron chi connectivity index (χ2n) is 5.02. The fraction of sp³-hybridized carbons (Fsp3) is 0.769. The summed E-state index contributed by atoms with van der Waals surface area (Å²) in [7, 11) is 0. The largest absolute Gasteiger partial charge is 0.394 e. The van der Waals surface area contributed by atoms with E-state index in [4.69, 9.17) is 16.3 Å². The van der Waals surface area contributed by atoms with Crippen molar-refractivity contribution in [3.8, 4) is 0 Å². The maximum Gasteiger partial charge on any atom is 0.231 e. The monoisotopic (exact) mass is 315 g/mol. The molecule has 0 spiro atoms. The van der Waals surface area contributed by atoms with E-state index in [1.54, 1.807) is 0 Å². The van der Waals surface area contributed by atoms with Gasteiger partial charge >= 0.3 is 0 Å². The molecule has 8 heteroatoms. The highest BCUT2D eigenvalue weighted by Crippen LogP contribution is 2.21. The average molecular weight is 316 g/mol. The molecule has 7 nitrogen and oxygen atoms in total. The summed E-state index contributed by atoms with van der Waals surface area (Å²) in [6.45, 7) is 8.75. The highest BCUT2D eigenvalue weighted by atomic mass is 35.5. The van der Waals surface area contributed by atoms with Gasteiger partial charge in [0, 0.05) is 19.6 Å². The van der Waals surface area contributed by atoms with E-state index in [-0.39, 0.29) is 24.0 Å². The summed E-state index contributed by atoms with van der Waals surface area (Å²) in [5, 5.41) is 9.46. The minimum absolute atomic E-state index is 0.0229. The van der Waals surface area contributed by atoms with Crippen molar-refractivity contribution in [3.05, 3.63) is 5.28 Å². The average Bonchev–Trinajstić information content (AvgIpc) is 2.48. The van der Waals surface area contributed by atoms with Gasteiger partial charge in [-0.05, 0) is 32.4 Å². The molecular formula is C13H22ClN5O2. The fourth-order valence-electron chi connectivity index (χ4n) is 2.31. The lowest BCUT2D eigenvalue weighted by atomic mass is 10.2. The van der Waals surface area contributed by atoms with Gasteiger partial charge in [0.2, 0.25) is 17.2 Å². The highest BCUT2D eigenvalue weighted by molar-refractivity contribution is 6.28. The van der Waals surface area contributed by atoms with E-state index in [9.17, 15) is 5.11 Å². The Labute approximate surface area is 129 Å². The molecular weight excluding hydrogens is 294 g/mol. The lowest BCUT2D eigenvalue weighted by Gasteiger charge is -2.37. The number of ether oxygens (including phenoxy) is 1. The van der Waals surface area contributed by atoms with E-state index in [1.165, 1.54) is 0 Å². The first kappa shape index (κ1) is 16.2. The van der Waals surface area contributed by atoms with E-state index >= 15 is 0 Å². The second-order valence-corrected chi connectivity index (χ2v) is 5.35. The molecule has 2 heterocycles. The third-order valence-electron chi connectivity index (χ3n) is 3.60. The Kier molecular flexibility index (Phi) is 5.55. The second kappa shape index (κ2) is 7.20. The summed E-state index contributed by atoms with van der Waals surface area (Å²) in [6.07, 6.45) is -0.228. The molecule has 2 unspecified atom stereocenters. The van der Waals surface area contributed by atoms with Crippen molar-refractivity contribution in [1.29, 1.82) is 0 Å². The van der Waals surface area contributed by atoms with Gasteiger partial charge in [0.25, 0.3) is 0 Å². The van der Waals surface area contributed by atoms with Gasteiger partial charge in [-0.15, -0.1) is 0 Å². The predicted molar refractivity (Wildman–Crippen MR) is 82.0 cm³/mol. The van der Waals surface area contributed by atoms with Crippen LogP contribution in [-0.4, -0.2) is 65.1 Å². The lowest BCUT2D eigenvalue weighted by Crippen LogP contribution is -2.50. The molecule has 1 saturated heterocycles. The van der Waals surface area contributed by atoms with Crippen LogP contribution in [0.5, 0.6) is 0 Å². The zero-order chi connectivity index (χ0) is 15.4. The number of aromatic nitrogens is 3. The molecule has 0 aliphatic carbocycles. The van der Waals surface area contributed by atoms with E-state index < -0.39 is 0 Å². The van der Waals surface area contributed by atoms with Crippen molar-refractivity contribution in [2.75, 3.05) is 42.6 Å².